The number of nitrogens with zero attached hydrogens (tertiary/aromatic N) is 2. The molecule has 1 heterocycles. The first-order valence-electron chi connectivity index (χ1n) is 7.86. The Bertz CT molecular complexity index is 788. The molecule has 2 aromatic rings. The maximum atomic E-state index is 12.5. The van der Waals surface area contributed by atoms with Crippen molar-refractivity contribution in [2.24, 2.45) is 0 Å². The Kier molecular flexibility index (Phi) is 6.30. The van der Waals surface area contributed by atoms with Gasteiger partial charge < -0.3 is 10.1 Å². The van der Waals surface area contributed by atoms with Gasteiger partial charge >= 0.3 is 0 Å². The number of aromatic nitrogens is 2. The fourth-order valence-electron chi connectivity index (χ4n) is 2.17. The van der Waals surface area contributed by atoms with Gasteiger partial charge in [-0.05, 0) is 51.8 Å². The number of amides is 1. The van der Waals surface area contributed by atoms with E-state index in [9.17, 15) is 4.79 Å². The van der Waals surface area contributed by atoms with Crippen LogP contribution in [-0.2, 0) is 4.79 Å². The molecule has 0 bridgehead atoms. The van der Waals surface area contributed by atoms with E-state index in [-0.39, 0.29) is 11.2 Å². The van der Waals surface area contributed by atoms with E-state index in [0.29, 0.717) is 21.6 Å². The van der Waals surface area contributed by atoms with Crippen molar-refractivity contribution in [3.63, 3.8) is 0 Å². The molecule has 1 amide bonds. The Balaban J connectivity index is 2.15. The number of methoxy groups -OCH3 is 1. The van der Waals surface area contributed by atoms with Crippen molar-refractivity contribution in [2.45, 2.75) is 45.0 Å². The molecule has 1 aromatic carbocycles. The standard InChI is InChI=1S/C18H22ClN3O2S/c1-9-7-15(16(24-6)8-14(9)19)22-17(23)13(5)25-18-20-11(3)10(2)12(4)21-18/h7-8,13H,1-6H3,(H,22,23)/t13-/m1/s1. The van der Waals surface area contributed by atoms with E-state index in [4.69, 9.17) is 16.3 Å². The normalized spacial score (nSPS) is 12.0. The number of carbonyl (C=O) groups is 1. The van der Waals surface area contributed by atoms with E-state index < -0.39 is 0 Å². The number of aryl methyl sites for hydroxylation is 3. The van der Waals surface area contributed by atoms with Gasteiger partial charge in [0.05, 0.1) is 18.0 Å². The molecular weight excluding hydrogens is 358 g/mol. The summed E-state index contributed by atoms with van der Waals surface area (Å²) in [5.41, 5.74) is 4.39. The number of ether oxygens (including phenoxy) is 1. The van der Waals surface area contributed by atoms with Crippen LogP contribution in [0.4, 0.5) is 5.69 Å². The fraction of sp³-hybridized carbons (Fsp3) is 0.389. The van der Waals surface area contributed by atoms with Gasteiger partial charge in [-0.3, -0.25) is 4.79 Å². The van der Waals surface area contributed by atoms with Crippen molar-refractivity contribution >= 4 is 35.0 Å². The van der Waals surface area contributed by atoms with Crippen molar-refractivity contribution in [3.8, 4) is 5.75 Å². The smallest absolute Gasteiger partial charge is 0.237 e. The summed E-state index contributed by atoms with van der Waals surface area (Å²) >= 11 is 7.43. The van der Waals surface area contributed by atoms with E-state index in [2.05, 4.69) is 15.3 Å². The molecule has 0 saturated carbocycles. The fourth-order valence-corrected chi connectivity index (χ4v) is 3.19. The average molecular weight is 380 g/mol. The van der Waals surface area contributed by atoms with Crippen molar-refractivity contribution in [1.82, 2.24) is 9.97 Å². The quantitative estimate of drug-likeness (QED) is 0.612. The highest BCUT2D eigenvalue weighted by Crippen LogP contribution is 2.32. The van der Waals surface area contributed by atoms with Crippen molar-refractivity contribution in [3.05, 3.63) is 39.7 Å². The van der Waals surface area contributed by atoms with E-state index in [1.54, 1.807) is 19.2 Å². The van der Waals surface area contributed by atoms with Crippen LogP contribution in [0.5, 0.6) is 5.75 Å². The predicted octanol–water partition coefficient (Wildman–Crippen LogP) is 4.49. The Labute approximate surface area is 157 Å². The maximum Gasteiger partial charge on any atom is 0.237 e. The SMILES string of the molecule is COc1cc(Cl)c(C)cc1NC(=O)[C@@H](C)Sc1nc(C)c(C)c(C)n1. The lowest BCUT2D eigenvalue weighted by molar-refractivity contribution is -0.115. The number of anilines is 1. The molecule has 1 aromatic heterocycles. The third-order valence-electron chi connectivity index (χ3n) is 4.00. The Morgan fingerprint density at radius 2 is 1.80 bits per heavy atom. The van der Waals surface area contributed by atoms with Crippen LogP contribution in [0, 0.1) is 27.7 Å². The molecule has 0 saturated heterocycles. The van der Waals surface area contributed by atoms with E-state index in [1.807, 2.05) is 34.6 Å². The molecule has 1 atom stereocenters. The zero-order valence-corrected chi connectivity index (χ0v) is 16.8. The lowest BCUT2D eigenvalue weighted by atomic mass is 10.2. The summed E-state index contributed by atoms with van der Waals surface area (Å²) in [4.78, 5) is 21.4. The Morgan fingerprint density at radius 1 is 1.20 bits per heavy atom. The molecule has 0 aliphatic heterocycles. The highest BCUT2D eigenvalue weighted by Gasteiger charge is 2.19. The van der Waals surface area contributed by atoms with E-state index in [0.717, 1.165) is 22.5 Å². The third kappa shape index (κ3) is 4.64. The van der Waals surface area contributed by atoms with Crippen LogP contribution in [0.2, 0.25) is 5.02 Å². The van der Waals surface area contributed by atoms with Crippen LogP contribution in [-0.4, -0.2) is 28.2 Å². The largest absolute Gasteiger partial charge is 0.495 e. The van der Waals surface area contributed by atoms with E-state index in [1.165, 1.54) is 11.8 Å². The zero-order chi connectivity index (χ0) is 18.7. The van der Waals surface area contributed by atoms with Gasteiger partial charge in [0.1, 0.15) is 5.75 Å². The van der Waals surface area contributed by atoms with Gasteiger partial charge in [0.25, 0.3) is 0 Å². The van der Waals surface area contributed by atoms with Gasteiger partial charge in [-0.25, -0.2) is 9.97 Å². The summed E-state index contributed by atoms with van der Waals surface area (Å²) in [6, 6.07) is 3.49. The highest BCUT2D eigenvalue weighted by molar-refractivity contribution is 8.00. The summed E-state index contributed by atoms with van der Waals surface area (Å²) in [5, 5.41) is 3.73. The lowest BCUT2D eigenvalue weighted by Crippen LogP contribution is -2.23. The second-order valence-electron chi connectivity index (χ2n) is 5.85. The molecule has 1 N–H and O–H groups in total. The van der Waals surface area contributed by atoms with Gasteiger partial charge in [0.2, 0.25) is 5.91 Å². The van der Waals surface area contributed by atoms with Crippen molar-refractivity contribution in [2.75, 3.05) is 12.4 Å². The van der Waals surface area contributed by atoms with Gasteiger partial charge in [0.15, 0.2) is 5.16 Å². The number of rotatable bonds is 5. The van der Waals surface area contributed by atoms with Crippen LogP contribution in [0.25, 0.3) is 0 Å². The Morgan fingerprint density at radius 3 is 2.36 bits per heavy atom. The van der Waals surface area contributed by atoms with Gasteiger partial charge in [-0.15, -0.1) is 0 Å². The zero-order valence-electron chi connectivity index (χ0n) is 15.2. The van der Waals surface area contributed by atoms with E-state index >= 15 is 0 Å². The van der Waals surface area contributed by atoms with Crippen molar-refractivity contribution < 1.29 is 9.53 Å². The number of benzene rings is 1. The highest BCUT2D eigenvalue weighted by atomic mass is 35.5. The average Bonchev–Trinajstić information content (AvgIpc) is 2.55. The monoisotopic (exact) mass is 379 g/mol. The summed E-state index contributed by atoms with van der Waals surface area (Å²) in [5.74, 6) is 0.379. The molecule has 5 nitrogen and oxygen atoms in total. The minimum Gasteiger partial charge on any atom is -0.495 e. The summed E-state index contributed by atoms with van der Waals surface area (Å²) in [6.07, 6.45) is 0. The number of nitrogens with one attached hydrogen (secondary N) is 1. The van der Waals surface area contributed by atoms with Gasteiger partial charge in [-0.2, -0.15) is 0 Å². The first-order valence-corrected chi connectivity index (χ1v) is 9.12. The predicted molar refractivity (Wildman–Crippen MR) is 103 cm³/mol. The molecule has 0 aliphatic carbocycles. The maximum absolute atomic E-state index is 12.5. The molecule has 0 spiro atoms. The number of hydrogen-bond donors (Lipinski definition) is 1. The van der Waals surface area contributed by atoms with Crippen LogP contribution < -0.4 is 10.1 Å². The number of hydrogen-bond acceptors (Lipinski definition) is 5. The summed E-state index contributed by atoms with van der Waals surface area (Å²) < 4.78 is 5.29. The van der Waals surface area contributed by atoms with Gasteiger partial charge in [0, 0.05) is 22.5 Å². The molecule has 7 heteroatoms. The minimum absolute atomic E-state index is 0.149. The molecular formula is C18H22ClN3O2S. The van der Waals surface area contributed by atoms with Crippen LogP contribution >= 0.6 is 23.4 Å². The number of carbonyl (C=O) groups excluding carboxylic acids is 1. The molecule has 25 heavy (non-hydrogen) atoms. The van der Waals surface area contributed by atoms with Crippen LogP contribution in [0.3, 0.4) is 0 Å². The first kappa shape index (κ1) is 19.5. The Hall–Kier alpha value is -1.79. The number of halogens is 1. The molecule has 2 rings (SSSR count). The third-order valence-corrected chi connectivity index (χ3v) is 5.37. The first-order chi connectivity index (χ1) is 11.7. The van der Waals surface area contributed by atoms with Crippen molar-refractivity contribution in [1.29, 1.82) is 0 Å². The van der Waals surface area contributed by atoms with Crippen LogP contribution in [0.15, 0.2) is 17.3 Å². The molecule has 134 valence electrons. The molecule has 0 aliphatic rings. The second kappa shape index (κ2) is 8.06. The number of thioether (sulfide) groups is 1. The lowest BCUT2D eigenvalue weighted by Gasteiger charge is -2.15. The van der Waals surface area contributed by atoms with Crippen LogP contribution in [0.1, 0.15) is 29.4 Å². The minimum atomic E-state index is -0.359. The van der Waals surface area contributed by atoms with Gasteiger partial charge in [-0.1, -0.05) is 23.4 Å². The summed E-state index contributed by atoms with van der Waals surface area (Å²) in [7, 11) is 1.54. The molecule has 0 radical (unpaired) electrons. The topological polar surface area (TPSA) is 64.1 Å². The second-order valence-corrected chi connectivity index (χ2v) is 7.57. The molecule has 0 fully saturated rings. The summed E-state index contributed by atoms with van der Waals surface area (Å²) in [6.45, 7) is 9.58. The molecule has 0 unspecified atom stereocenters.